The third-order valence-electron chi connectivity index (χ3n) is 5.35. The molecule has 2 N–H and O–H groups in total. The average Bonchev–Trinajstić information content (AvgIpc) is 3.39. The maximum Gasteiger partial charge on any atom is 0.248 e. The third-order valence-corrected chi connectivity index (χ3v) is 6.28. The average molecular weight is 514 g/mol. The number of aliphatic hydroxyl groups excluding tert-OH is 1. The molecule has 0 fully saturated rings. The monoisotopic (exact) mass is 513 g/mol. The molecule has 9 nitrogen and oxygen atoms in total. The minimum absolute atomic E-state index is 0.229. The van der Waals surface area contributed by atoms with E-state index in [1.165, 1.54) is 22.6 Å². The Labute approximate surface area is 211 Å². The number of nitrogens with one attached hydrogen (secondary N) is 1. The molecule has 0 spiro atoms. The van der Waals surface area contributed by atoms with E-state index in [1.807, 2.05) is 36.6 Å². The van der Waals surface area contributed by atoms with Gasteiger partial charge >= 0.3 is 0 Å². The number of thiazole rings is 1. The maximum absolute atomic E-state index is 11.8. The van der Waals surface area contributed by atoms with Crippen LogP contribution in [0.1, 0.15) is 12.6 Å². The number of ether oxygens (including phenoxy) is 2. The highest BCUT2D eigenvalue weighted by molar-refractivity contribution is 7.07. The summed E-state index contributed by atoms with van der Waals surface area (Å²) < 4.78 is 11.8. The van der Waals surface area contributed by atoms with E-state index in [4.69, 9.17) is 26.2 Å². The normalized spacial score (nSPS) is 11.8. The first kappa shape index (κ1) is 24.6. The lowest BCUT2D eigenvalue weighted by molar-refractivity contribution is -0.135. The molecule has 0 aliphatic carbocycles. The van der Waals surface area contributed by atoms with Crippen molar-refractivity contribution < 1.29 is 19.4 Å². The molecular formula is C24H24ClN5O4S. The number of aliphatic hydroxyl groups is 1. The molecule has 1 atom stereocenters. The van der Waals surface area contributed by atoms with Gasteiger partial charge in [-0.2, -0.15) is 0 Å². The molecule has 182 valence electrons. The number of nitrogens with zero attached hydrogens (tertiary/aromatic N) is 4. The van der Waals surface area contributed by atoms with Gasteiger partial charge in [0.15, 0.2) is 0 Å². The minimum atomic E-state index is -0.547. The van der Waals surface area contributed by atoms with Crippen molar-refractivity contribution >= 4 is 51.3 Å². The number of benzene rings is 2. The molecular weight excluding hydrogens is 490 g/mol. The van der Waals surface area contributed by atoms with E-state index in [0.717, 1.165) is 5.69 Å². The van der Waals surface area contributed by atoms with Crippen LogP contribution < -0.4 is 14.8 Å². The van der Waals surface area contributed by atoms with Crippen molar-refractivity contribution in [3.63, 3.8) is 0 Å². The lowest BCUT2D eigenvalue weighted by atomic mass is 10.2. The number of halogens is 1. The first-order chi connectivity index (χ1) is 17.0. The molecule has 0 bridgehead atoms. The highest BCUT2D eigenvalue weighted by Gasteiger charge is 2.17. The molecule has 0 radical (unpaired) electrons. The van der Waals surface area contributed by atoms with Gasteiger partial charge in [0, 0.05) is 18.1 Å². The van der Waals surface area contributed by atoms with Crippen LogP contribution in [0.15, 0.2) is 53.6 Å². The number of fused-ring (bicyclic) bond motifs is 1. The lowest BCUT2D eigenvalue weighted by Crippen LogP contribution is -2.40. The number of hydrogen-bond donors (Lipinski definition) is 2. The van der Waals surface area contributed by atoms with Gasteiger partial charge in [-0.15, -0.1) is 11.3 Å². The largest absolute Gasteiger partial charge is 0.491 e. The molecule has 11 heteroatoms. The Morgan fingerprint density at radius 3 is 2.80 bits per heavy atom. The minimum Gasteiger partial charge on any atom is -0.491 e. The highest BCUT2D eigenvalue weighted by Crippen LogP contribution is 2.34. The molecule has 2 aromatic carbocycles. The van der Waals surface area contributed by atoms with Crippen LogP contribution in [0.2, 0.25) is 5.02 Å². The summed E-state index contributed by atoms with van der Waals surface area (Å²) in [5.41, 5.74) is 4.01. The Morgan fingerprint density at radius 1 is 1.20 bits per heavy atom. The number of amides is 1. The molecule has 35 heavy (non-hydrogen) atoms. The lowest BCUT2D eigenvalue weighted by Gasteiger charge is -2.24. The molecule has 2 aromatic heterocycles. The Morgan fingerprint density at radius 2 is 2.06 bits per heavy atom. The van der Waals surface area contributed by atoms with E-state index in [2.05, 4.69) is 20.3 Å². The molecule has 1 amide bonds. The van der Waals surface area contributed by atoms with Crippen LogP contribution in [0.25, 0.3) is 10.9 Å². The molecule has 0 unspecified atom stereocenters. The molecule has 0 saturated carbocycles. The summed E-state index contributed by atoms with van der Waals surface area (Å²) >= 11 is 7.96. The van der Waals surface area contributed by atoms with E-state index in [9.17, 15) is 4.79 Å². The second-order valence-electron chi connectivity index (χ2n) is 7.73. The fraction of sp³-hybridized carbons (Fsp3) is 0.250. The van der Waals surface area contributed by atoms with Crippen LogP contribution in [0.5, 0.6) is 11.5 Å². The SMILES string of the molecule is C[C@H](COc1cccc2ncnc(Nc3ccc(OCc4cscn4)c(Cl)c3)c12)N(C)C(=O)CO. The fourth-order valence-electron chi connectivity index (χ4n) is 3.27. The quantitative estimate of drug-likeness (QED) is 0.323. The van der Waals surface area contributed by atoms with Crippen LogP contribution in [-0.2, 0) is 11.4 Å². The number of carbonyl (C=O) groups excluding carboxylic acids is 1. The van der Waals surface area contributed by atoms with Crippen molar-refractivity contribution in [2.75, 3.05) is 25.6 Å². The topological polar surface area (TPSA) is 110 Å². The van der Waals surface area contributed by atoms with E-state index >= 15 is 0 Å². The molecule has 2 heterocycles. The van der Waals surface area contributed by atoms with Crippen LogP contribution in [-0.4, -0.2) is 57.2 Å². The van der Waals surface area contributed by atoms with Gasteiger partial charge in [-0.25, -0.2) is 15.0 Å². The number of aromatic nitrogens is 3. The zero-order chi connectivity index (χ0) is 24.8. The summed E-state index contributed by atoms with van der Waals surface area (Å²) in [6, 6.07) is 10.7. The molecule has 4 rings (SSSR count). The Kier molecular flexibility index (Phi) is 7.96. The summed E-state index contributed by atoms with van der Waals surface area (Å²) in [5.74, 6) is 1.29. The van der Waals surface area contributed by atoms with Crippen LogP contribution in [0, 0.1) is 0 Å². The summed E-state index contributed by atoms with van der Waals surface area (Å²) in [5, 5.41) is 15.4. The first-order valence-electron chi connectivity index (χ1n) is 10.8. The van der Waals surface area contributed by atoms with Crippen LogP contribution >= 0.6 is 22.9 Å². The first-order valence-corrected chi connectivity index (χ1v) is 12.1. The number of carbonyl (C=O) groups is 1. The van der Waals surface area contributed by atoms with Crippen molar-refractivity contribution in [1.82, 2.24) is 19.9 Å². The van der Waals surface area contributed by atoms with Gasteiger partial charge < -0.3 is 24.8 Å². The Balaban J connectivity index is 1.52. The van der Waals surface area contributed by atoms with Gasteiger partial charge in [0.2, 0.25) is 5.91 Å². The van der Waals surface area contributed by atoms with Gasteiger partial charge in [-0.3, -0.25) is 4.79 Å². The molecule has 4 aromatic rings. The van der Waals surface area contributed by atoms with E-state index in [1.54, 1.807) is 24.7 Å². The molecule has 0 aliphatic heterocycles. The van der Waals surface area contributed by atoms with Crippen LogP contribution in [0.3, 0.4) is 0 Å². The maximum atomic E-state index is 11.8. The molecule has 0 aliphatic rings. The van der Waals surface area contributed by atoms with Gasteiger partial charge in [0.25, 0.3) is 0 Å². The Hall–Kier alpha value is -3.47. The van der Waals surface area contributed by atoms with Gasteiger partial charge in [0.05, 0.1) is 33.2 Å². The van der Waals surface area contributed by atoms with E-state index < -0.39 is 6.61 Å². The third kappa shape index (κ3) is 5.97. The van der Waals surface area contributed by atoms with Crippen molar-refractivity contribution in [2.24, 2.45) is 0 Å². The number of likely N-dealkylation sites (N-methyl/N-ethyl adjacent to an activating group) is 1. The van der Waals surface area contributed by atoms with Crippen molar-refractivity contribution in [1.29, 1.82) is 0 Å². The summed E-state index contributed by atoms with van der Waals surface area (Å²) in [7, 11) is 1.62. The fourth-order valence-corrected chi connectivity index (χ4v) is 4.04. The standard InChI is InChI=1S/C24H24ClN5O4S/c1-15(30(2)22(32)9-31)10-33-21-5-3-4-19-23(21)24(27-13-26-19)29-16-6-7-20(18(25)8-16)34-11-17-12-35-14-28-17/h3-8,12-15,31H,9-11H2,1-2H3,(H,26,27,29)/t15-/m1/s1. The predicted octanol–water partition coefficient (Wildman–Crippen LogP) is 4.28. The van der Waals surface area contributed by atoms with Crippen molar-refractivity contribution in [3.05, 3.63) is 64.3 Å². The predicted molar refractivity (Wildman–Crippen MR) is 136 cm³/mol. The summed E-state index contributed by atoms with van der Waals surface area (Å²) in [4.78, 5) is 26.2. The zero-order valence-corrected chi connectivity index (χ0v) is 20.7. The van der Waals surface area contributed by atoms with Crippen molar-refractivity contribution in [3.8, 4) is 11.5 Å². The van der Waals surface area contributed by atoms with Crippen LogP contribution in [0.4, 0.5) is 11.5 Å². The summed E-state index contributed by atoms with van der Waals surface area (Å²) in [6.45, 7) is 1.86. The Bertz CT molecular complexity index is 1300. The summed E-state index contributed by atoms with van der Waals surface area (Å²) in [6.07, 6.45) is 1.47. The van der Waals surface area contributed by atoms with E-state index in [-0.39, 0.29) is 18.6 Å². The second-order valence-corrected chi connectivity index (χ2v) is 8.86. The zero-order valence-electron chi connectivity index (χ0n) is 19.1. The molecule has 0 saturated heterocycles. The second kappa shape index (κ2) is 11.3. The van der Waals surface area contributed by atoms with Crippen molar-refractivity contribution in [2.45, 2.75) is 19.6 Å². The number of rotatable bonds is 10. The number of hydrogen-bond acceptors (Lipinski definition) is 9. The van der Waals surface area contributed by atoms with Gasteiger partial charge in [-0.1, -0.05) is 17.7 Å². The van der Waals surface area contributed by atoms with Gasteiger partial charge in [-0.05, 0) is 37.3 Å². The number of anilines is 2. The highest BCUT2D eigenvalue weighted by atomic mass is 35.5. The smallest absolute Gasteiger partial charge is 0.248 e. The van der Waals surface area contributed by atoms with E-state index in [0.29, 0.717) is 45.5 Å². The van der Waals surface area contributed by atoms with Gasteiger partial charge in [0.1, 0.15) is 43.5 Å².